The SMILES string of the molecule is C=C(C)C(=O)CCCCc1cc(C)c(-n2ccnc2-c2ccccc2C(C)(CC)CC)c(C)c1. The molecule has 0 saturated carbocycles. The fraction of sp³-hybridized carbons (Fsp3) is 0.419. The van der Waals surface area contributed by atoms with Crippen LogP contribution in [-0.4, -0.2) is 15.3 Å². The molecule has 3 nitrogen and oxygen atoms in total. The Morgan fingerprint density at radius 2 is 1.71 bits per heavy atom. The van der Waals surface area contributed by atoms with Crippen LogP contribution in [-0.2, 0) is 16.6 Å². The highest BCUT2D eigenvalue weighted by molar-refractivity contribution is 5.94. The molecule has 180 valence electrons. The molecular weight excluding hydrogens is 416 g/mol. The molecule has 34 heavy (non-hydrogen) atoms. The van der Waals surface area contributed by atoms with Crippen molar-refractivity contribution in [3.8, 4) is 17.1 Å². The molecule has 0 amide bonds. The number of imidazole rings is 1. The van der Waals surface area contributed by atoms with E-state index >= 15 is 0 Å². The van der Waals surface area contributed by atoms with Crippen LogP contribution in [0.1, 0.15) is 82.1 Å². The summed E-state index contributed by atoms with van der Waals surface area (Å²) in [4.78, 5) is 16.6. The van der Waals surface area contributed by atoms with E-state index in [-0.39, 0.29) is 11.2 Å². The predicted octanol–water partition coefficient (Wildman–Crippen LogP) is 8.09. The fourth-order valence-electron chi connectivity index (χ4n) is 4.92. The quantitative estimate of drug-likeness (QED) is 0.216. The van der Waals surface area contributed by atoms with E-state index < -0.39 is 0 Å². The smallest absolute Gasteiger partial charge is 0.157 e. The molecule has 3 rings (SSSR count). The van der Waals surface area contributed by atoms with Crippen molar-refractivity contribution < 1.29 is 4.79 Å². The third-order valence-electron chi connectivity index (χ3n) is 7.41. The maximum absolute atomic E-state index is 11.8. The van der Waals surface area contributed by atoms with Crippen molar-refractivity contribution in [2.45, 2.75) is 85.5 Å². The van der Waals surface area contributed by atoms with E-state index in [0.29, 0.717) is 12.0 Å². The van der Waals surface area contributed by atoms with Gasteiger partial charge in [0.15, 0.2) is 5.78 Å². The van der Waals surface area contributed by atoms with Crippen molar-refractivity contribution in [1.82, 2.24) is 9.55 Å². The number of nitrogens with zero attached hydrogens (tertiary/aromatic N) is 2. The molecule has 3 heteroatoms. The number of hydrogen-bond donors (Lipinski definition) is 0. The van der Waals surface area contributed by atoms with Gasteiger partial charge in [0.25, 0.3) is 0 Å². The number of allylic oxidation sites excluding steroid dienone is 1. The van der Waals surface area contributed by atoms with Crippen LogP contribution in [0.5, 0.6) is 0 Å². The first-order valence-corrected chi connectivity index (χ1v) is 12.6. The molecule has 0 saturated heterocycles. The summed E-state index contributed by atoms with van der Waals surface area (Å²) in [5, 5.41) is 0. The average molecular weight is 457 g/mol. The summed E-state index contributed by atoms with van der Waals surface area (Å²) in [5.41, 5.74) is 8.38. The molecule has 0 unspecified atom stereocenters. The van der Waals surface area contributed by atoms with Crippen molar-refractivity contribution in [3.05, 3.63) is 83.2 Å². The maximum atomic E-state index is 11.8. The highest BCUT2D eigenvalue weighted by Gasteiger charge is 2.27. The normalized spacial score (nSPS) is 11.6. The van der Waals surface area contributed by atoms with Crippen molar-refractivity contribution in [2.24, 2.45) is 0 Å². The Morgan fingerprint density at radius 1 is 1.06 bits per heavy atom. The number of unbranched alkanes of at least 4 members (excludes halogenated alkanes) is 1. The van der Waals surface area contributed by atoms with E-state index in [0.717, 1.165) is 37.9 Å². The lowest BCUT2D eigenvalue weighted by Crippen LogP contribution is -2.21. The predicted molar refractivity (Wildman–Crippen MR) is 144 cm³/mol. The second-order valence-electron chi connectivity index (χ2n) is 9.92. The second kappa shape index (κ2) is 11.0. The van der Waals surface area contributed by atoms with E-state index in [2.05, 4.69) is 88.4 Å². The van der Waals surface area contributed by atoms with Gasteiger partial charge in [0, 0.05) is 24.4 Å². The maximum Gasteiger partial charge on any atom is 0.157 e. The number of aromatic nitrogens is 2. The van der Waals surface area contributed by atoms with Gasteiger partial charge in [-0.2, -0.15) is 0 Å². The van der Waals surface area contributed by atoms with Gasteiger partial charge in [0.1, 0.15) is 5.82 Å². The third kappa shape index (κ3) is 5.41. The number of ketones is 1. The molecule has 0 fully saturated rings. The highest BCUT2D eigenvalue weighted by Crippen LogP contribution is 2.38. The molecule has 1 heterocycles. The van der Waals surface area contributed by atoms with Gasteiger partial charge in [0.05, 0.1) is 5.69 Å². The Hall–Kier alpha value is -2.94. The Balaban J connectivity index is 1.91. The third-order valence-corrected chi connectivity index (χ3v) is 7.41. The molecular formula is C31H40N2O. The molecule has 0 aliphatic carbocycles. The lowest BCUT2D eigenvalue weighted by molar-refractivity contribution is -0.115. The van der Waals surface area contributed by atoms with Crippen LogP contribution in [0.4, 0.5) is 0 Å². The lowest BCUT2D eigenvalue weighted by Gasteiger charge is -2.30. The topological polar surface area (TPSA) is 34.9 Å². The van der Waals surface area contributed by atoms with Crippen LogP contribution >= 0.6 is 0 Å². The van der Waals surface area contributed by atoms with Crippen molar-refractivity contribution in [2.75, 3.05) is 0 Å². The van der Waals surface area contributed by atoms with Crippen molar-refractivity contribution in [1.29, 1.82) is 0 Å². The van der Waals surface area contributed by atoms with Crippen LogP contribution in [0.2, 0.25) is 0 Å². The molecule has 0 spiro atoms. The first-order valence-electron chi connectivity index (χ1n) is 12.6. The zero-order valence-electron chi connectivity index (χ0n) is 21.9. The summed E-state index contributed by atoms with van der Waals surface area (Å²) in [6.45, 7) is 16.8. The van der Waals surface area contributed by atoms with Gasteiger partial charge in [-0.25, -0.2) is 4.98 Å². The van der Waals surface area contributed by atoms with Crippen LogP contribution in [0.25, 0.3) is 17.1 Å². The van der Waals surface area contributed by atoms with Gasteiger partial charge in [0.2, 0.25) is 0 Å². The minimum absolute atomic E-state index is 0.118. The summed E-state index contributed by atoms with van der Waals surface area (Å²) in [5.74, 6) is 1.18. The first-order chi connectivity index (χ1) is 16.2. The van der Waals surface area contributed by atoms with Crippen LogP contribution in [0.3, 0.4) is 0 Å². The number of carbonyl (C=O) groups is 1. The Morgan fingerprint density at radius 3 is 2.32 bits per heavy atom. The molecule has 3 aromatic rings. The van der Waals surface area contributed by atoms with E-state index in [9.17, 15) is 4.79 Å². The Kier molecular flexibility index (Phi) is 8.30. The summed E-state index contributed by atoms with van der Waals surface area (Å²) in [7, 11) is 0. The molecule has 0 N–H and O–H groups in total. The first kappa shape index (κ1) is 25.7. The van der Waals surface area contributed by atoms with E-state index in [1.54, 1.807) is 6.92 Å². The number of benzene rings is 2. The number of rotatable bonds is 11. The standard InChI is InChI=1S/C31H40N2O/c1-8-31(7,9-2)27-16-12-11-15-26(27)30-32-18-19-33(30)29-23(5)20-25(21-24(29)6)14-10-13-17-28(34)22(3)4/h11-12,15-16,18-21H,3,8-10,13-14,17H2,1-2,4-7H3. The number of carbonyl (C=O) groups excluding carboxylic acids is 1. The molecule has 0 atom stereocenters. The zero-order valence-corrected chi connectivity index (χ0v) is 21.9. The molecule has 0 bridgehead atoms. The van der Waals surface area contributed by atoms with Gasteiger partial charge in [-0.05, 0) is 86.1 Å². The van der Waals surface area contributed by atoms with Crippen LogP contribution in [0, 0.1) is 13.8 Å². The minimum Gasteiger partial charge on any atom is -0.299 e. The van der Waals surface area contributed by atoms with Crippen molar-refractivity contribution >= 4 is 5.78 Å². The zero-order chi connectivity index (χ0) is 24.9. The van der Waals surface area contributed by atoms with Gasteiger partial charge in [-0.1, -0.05) is 63.7 Å². The molecule has 1 aromatic heterocycles. The van der Waals surface area contributed by atoms with E-state index in [1.807, 2.05) is 6.20 Å². The second-order valence-corrected chi connectivity index (χ2v) is 9.92. The fourth-order valence-corrected chi connectivity index (χ4v) is 4.92. The number of hydrogen-bond acceptors (Lipinski definition) is 2. The van der Waals surface area contributed by atoms with Crippen molar-refractivity contribution in [3.63, 3.8) is 0 Å². The van der Waals surface area contributed by atoms with Gasteiger partial charge in [-0.15, -0.1) is 0 Å². The highest BCUT2D eigenvalue weighted by atomic mass is 16.1. The van der Waals surface area contributed by atoms with Crippen LogP contribution in [0.15, 0.2) is 60.9 Å². The van der Waals surface area contributed by atoms with Gasteiger partial charge >= 0.3 is 0 Å². The molecule has 0 aliphatic rings. The van der Waals surface area contributed by atoms with Crippen LogP contribution < -0.4 is 0 Å². The summed E-state index contributed by atoms with van der Waals surface area (Å²) >= 11 is 0. The Bertz CT molecular complexity index is 1140. The monoisotopic (exact) mass is 456 g/mol. The average Bonchev–Trinajstić information content (AvgIpc) is 3.29. The minimum atomic E-state index is 0.118. The molecule has 0 radical (unpaired) electrons. The van der Waals surface area contributed by atoms with E-state index in [4.69, 9.17) is 4.98 Å². The lowest BCUT2D eigenvalue weighted by atomic mass is 9.75. The summed E-state index contributed by atoms with van der Waals surface area (Å²) < 4.78 is 2.25. The summed E-state index contributed by atoms with van der Waals surface area (Å²) in [6, 6.07) is 13.3. The van der Waals surface area contributed by atoms with Gasteiger partial charge < -0.3 is 0 Å². The summed E-state index contributed by atoms with van der Waals surface area (Å²) in [6.07, 6.45) is 9.66. The Labute approximate surface area is 205 Å². The number of Topliss-reactive ketones (excluding diaryl/α,β-unsaturated/α-hetero) is 1. The molecule has 0 aliphatic heterocycles. The van der Waals surface area contributed by atoms with E-state index in [1.165, 1.54) is 33.5 Å². The largest absolute Gasteiger partial charge is 0.299 e. The number of aryl methyl sites for hydroxylation is 3. The van der Waals surface area contributed by atoms with Gasteiger partial charge in [-0.3, -0.25) is 9.36 Å². The molecule has 2 aromatic carbocycles.